The maximum absolute atomic E-state index is 6.52. The Hall–Kier alpha value is -6.82. The number of furan rings is 1. The fourth-order valence-corrected chi connectivity index (χ4v) is 11.0. The lowest BCUT2D eigenvalue weighted by Gasteiger charge is -2.22. The molecule has 4 nitrogen and oxygen atoms in total. The van der Waals surface area contributed by atoms with Crippen LogP contribution in [0.25, 0.3) is 109 Å². The number of rotatable bonds is 4. The van der Waals surface area contributed by atoms with E-state index >= 15 is 0 Å². The van der Waals surface area contributed by atoms with E-state index < -0.39 is 0 Å². The Labute approximate surface area is 332 Å². The minimum atomic E-state index is -0.172. The van der Waals surface area contributed by atoms with Crippen molar-refractivity contribution >= 4 is 92.4 Å². The minimum Gasteiger partial charge on any atom is -0.436 e. The molecular formula is C52H35N3OS. The third kappa shape index (κ3) is 4.32. The molecule has 1 aliphatic rings. The molecule has 0 bridgehead atoms. The van der Waals surface area contributed by atoms with E-state index in [0.29, 0.717) is 5.71 Å². The predicted molar refractivity (Wildman–Crippen MR) is 241 cm³/mol. The molecule has 0 N–H and O–H groups in total. The average Bonchev–Trinajstić information content (AvgIpc) is 3.97. The number of para-hydroxylation sites is 2. The van der Waals surface area contributed by atoms with Gasteiger partial charge in [0.1, 0.15) is 16.8 Å². The van der Waals surface area contributed by atoms with Crippen molar-refractivity contribution in [1.29, 1.82) is 0 Å². The molecule has 0 saturated carbocycles. The molecule has 0 amide bonds. The summed E-state index contributed by atoms with van der Waals surface area (Å²) in [6, 6.07) is 46.0. The Kier molecular flexibility index (Phi) is 6.60. The molecule has 11 aromatic rings. The van der Waals surface area contributed by atoms with Crippen LogP contribution in [0.5, 0.6) is 0 Å². The van der Waals surface area contributed by atoms with Crippen LogP contribution in [0.15, 0.2) is 151 Å². The third-order valence-corrected chi connectivity index (χ3v) is 13.5. The second-order valence-corrected chi connectivity index (χ2v) is 16.8. The number of thiophene rings is 1. The second kappa shape index (κ2) is 11.6. The molecule has 270 valence electrons. The van der Waals surface area contributed by atoms with Gasteiger partial charge in [0.2, 0.25) is 5.71 Å². The SMILES string of the molecule is C=C/C=C\c1ccc2sc3c(c4ccccc4c4c5ccccc5n(-c5nc6oc7ccccc7c6nc5-c5ccc6c(c5)C(C)(C)c5ccccc5-6)c34)c2c1C. The smallest absolute Gasteiger partial charge is 0.248 e. The molecule has 57 heavy (non-hydrogen) atoms. The molecule has 4 aromatic heterocycles. The standard InChI is InChI=1S/C52H35N3OS/c1-5-6-15-30-25-27-42-43(29(30)2)45-35-18-8-7-17-34(35)44-36-19-10-13-22-40(36)55(48(44)49(45)57-42)50-46(53-47-37-20-11-14-23-41(37)56-51(47)54-50)31-24-26-33-32-16-9-12-21-38(32)52(3,4)39(33)28-31/h5-28H,1H2,2-4H3/b15-6-. The third-order valence-electron chi connectivity index (χ3n) is 12.4. The number of fused-ring (bicyclic) bond motifs is 16. The van der Waals surface area contributed by atoms with Crippen LogP contribution >= 0.6 is 11.3 Å². The second-order valence-electron chi connectivity index (χ2n) is 15.8. The van der Waals surface area contributed by atoms with E-state index in [1.54, 1.807) is 0 Å². The Morgan fingerprint density at radius 3 is 2.26 bits per heavy atom. The fourth-order valence-electron chi connectivity index (χ4n) is 9.73. The summed E-state index contributed by atoms with van der Waals surface area (Å²) < 4.78 is 11.4. The molecule has 0 atom stereocenters. The van der Waals surface area contributed by atoms with E-state index in [1.807, 2.05) is 41.7 Å². The number of aryl methyl sites for hydroxylation is 1. The summed E-state index contributed by atoms with van der Waals surface area (Å²) in [5, 5.41) is 8.38. The molecule has 0 radical (unpaired) electrons. The van der Waals surface area contributed by atoms with Crippen molar-refractivity contribution in [1.82, 2.24) is 14.5 Å². The molecule has 5 heteroatoms. The van der Waals surface area contributed by atoms with Gasteiger partial charge >= 0.3 is 0 Å². The highest BCUT2D eigenvalue weighted by atomic mass is 32.1. The van der Waals surface area contributed by atoms with Gasteiger partial charge in [0.25, 0.3) is 0 Å². The topological polar surface area (TPSA) is 43.9 Å². The first kappa shape index (κ1) is 32.4. The predicted octanol–water partition coefficient (Wildman–Crippen LogP) is 14.5. The van der Waals surface area contributed by atoms with Crippen molar-refractivity contribution in [2.75, 3.05) is 0 Å². The van der Waals surface area contributed by atoms with Crippen LogP contribution in [0, 0.1) is 6.92 Å². The minimum absolute atomic E-state index is 0.172. The van der Waals surface area contributed by atoms with Gasteiger partial charge in [-0.25, -0.2) is 4.98 Å². The Morgan fingerprint density at radius 2 is 1.42 bits per heavy atom. The van der Waals surface area contributed by atoms with Crippen LogP contribution in [0.4, 0.5) is 0 Å². The molecule has 4 heterocycles. The zero-order chi connectivity index (χ0) is 38.2. The fraction of sp³-hybridized carbons (Fsp3) is 0.0769. The number of hydrogen-bond acceptors (Lipinski definition) is 4. The maximum Gasteiger partial charge on any atom is 0.248 e. The Morgan fingerprint density at radius 1 is 0.702 bits per heavy atom. The number of hydrogen-bond donors (Lipinski definition) is 0. The van der Waals surface area contributed by atoms with E-state index in [-0.39, 0.29) is 5.41 Å². The summed E-state index contributed by atoms with van der Waals surface area (Å²) in [5.41, 5.74) is 13.6. The van der Waals surface area contributed by atoms with Crippen LogP contribution in [0.2, 0.25) is 0 Å². The number of benzene rings is 7. The molecule has 7 aromatic carbocycles. The van der Waals surface area contributed by atoms with Gasteiger partial charge in [-0.3, -0.25) is 4.57 Å². The first-order chi connectivity index (χ1) is 27.9. The van der Waals surface area contributed by atoms with Crippen LogP contribution in [-0.2, 0) is 5.41 Å². The molecule has 1 aliphatic carbocycles. The summed E-state index contributed by atoms with van der Waals surface area (Å²) in [5.74, 6) is 0.751. The van der Waals surface area contributed by atoms with Crippen LogP contribution in [0.3, 0.4) is 0 Å². The van der Waals surface area contributed by atoms with E-state index in [2.05, 4.69) is 147 Å². The Balaban J connectivity index is 1.26. The summed E-state index contributed by atoms with van der Waals surface area (Å²) >= 11 is 1.86. The molecule has 0 aliphatic heterocycles. The summed E-state index contributed by atoms with van der Waals surface area (Å²) in [6.45, 7) is 10.8. The van der Waals surface area contributed by atoms with E-state index in [0.717, 1.165) is 44.6 Å². The summed E-state index contributed by atoms with van der Waals surface area (Å²) in [6.07, 6.45) is 6.01. The largest absolute Gasteiger partial charge is 0.436 e. The van der Waals surface area contributed by atoms with Gasteiger partial charge in [-0.2, -0.15) is 4.98 Å². The van der Waals surface area contributed by atoms with Crippen molar-refractivity contribution in [3.63, 3.8) is 0 Å². The van der Waals surface area contributed by atoms with Crippen molar-refractivity contribution in [3.05, 3.63) is 168 Å². The number of nitrogens with zero attached hydrogens (tertiary/aromatic N) is 3. The first-order valence-electron chi connectivity index (χ1n) is 19.5. The van der Waals surface area contributed by atoms with Gasteiger partial charge in [-0.1, -0.05) is 136 Å². The van der Waals surface area contributed by atoms with E-state index in [9.17, 15) is 0 Å². The van der Waals surface area contributed by atoms with Crippen LogP contribution in [-0.4, -0.2) is 14.5 Å². The highest BCUT2D eigenvalue weighted by Gasteiger charge is 2.36. The van der Waals surface area contributed by atoms with Gasteiger partial charge in [-0.15, -0.1) is 11.3 Å². The van der Waals surface area contributed by atoms with Crippen molar-refractivity contribution in [2.45, 2.75) is 26.2 Å². The molecule has 0 fully saturated rings. The average molecular weight is 750 g/mol. The van der Waals surface area contributed by atoms with Crippen molar-refractivity contribution < 1.29 is 4.42 Å². The molecular weight excluding hydrogens is 715 g/mol. The zero-order valence-electron chi connectivity index (χ0n) is 31.7. The lowest BCUT2D eigenvalue weighted by Crippen LogP contribution is -2.15. The van der Waals surface area contributed by atoms with Crippen molar-refractivity contribution in [2.24, 2.45) is 0 Å². The highest BCUT2D eigenvalue weighted by molar-refractivity contribution is 7.27. The van der Waals surface area contributed by atoms with Gasteiger partial charge in [0, 0.05) is 42.6 Å². The van der Waals surface area contributed by atoms with Crippen LogP contribution < -0.4 is 0 Å². The lowest BCUT2D eigenvalue weighted by molar-refractivity contribution is 0.651. The monoisotopic (exact) mass is 749 g/mol. The van der Waals surface area contributed by atoms with E-state index in [1.165, 1.54) is 75.1 Å². The molecule has 12 rings (SSSR count). The normalized spacial score (nSPS) is 13.7. The molecule has 0 unspecified atom stereocenters. The quantitative estimate of drug-likeness (QED) is 0.168. The van der Waals surface area contributed by atoms with Crippen LogP contribution in [0.1, 0.15) is 36.1 Å². The van der Waals surface area contributed by atoms with Gasteiger partial charge in [-0.05, 0) is 81.4 Å². The Bertz CT molecular complexity index is 3590. The first-order valence-corrected chi connectivity index (χ1v) is 20.3. The van der Waals surface area contributed by atoms with Gasteiger partial charge in [0.15, 0.2) is 5.82 Å². The summed E-state index contributed by atoms with van der Waals surface area (Å²) in [4.78, 5) is 11.1. The number of aromatic nitrogens is 3. The molecule has 0 spiro atoms. The van der Waals surface area contributed by atoms with Gasteiger partial charge < -0.3 is 4.42 Å². The number of allylic oxidation sites excluding steroid dienone is 2. The maximum atomic E-state index is 6.52. The van der Waals surface area contributed by atoms with Gasteiger partial charge in [0.05, 0.1) is 15.7 Å². The molecule has 0 saturated heterocycles. The van der Waals surface area contributed by atoms with E-state index in [4.69, 9.17) is 14.4 Å². The highest BCUT2D eigenvalue weighted by Crippen LogP contribution is 2.52. The zero-order valence-corrected chi connectivity index (χ0v) is 32.5. The lowest BCUT2D eigenvalue weighted by atomic mass is 9.82. The van der Waals surface area contributed by atoms with Crippen molar-refractivity contribution in [3.8, 4) is 28.2 Å². The summed E-state index contributed by atoms with van der Waals surface area (Å²) in [7, 11) is 0.